The van der Waals surface area contributed by atoms with Gasteiger partial charge in [-0.25, -0.2) is 4.57 Å². The Morgan fingerprint density at radius 2 is 1.31 bits per heavy atom. The molecule has 0 amide bonds. The number of nitrogens with one attached hydrogen (secondary N) is 2. The van der Waals surface area contributed by atoms with E-state index in [1.54, 1.807) is 0 Å². The molecule has 2 aliphatic heterocycles. The van der Waals surface area contributed by atoms with Crippen molar-refractivity contribution in [2.45, 2.75) is 0 Å². The minimum absolute atomic E-state index is 0.759. The number of nitrogens with zero attached hydrogens (tertiary/aromatic N) is 5. The maximum Gasteiger partial charge on any atom is 0.268 e. The van der Waals surface area contributed by atoms with Gasteiger partial charge in [0.1, 0.15) is 5.58 Å². The van der Waals surface area contributed by atoms with Crippen LogP contribution in [0.25, 0.3) is 33.3 Å². The van der Waals surface area contributed by atoms with Crippen molar-refractivity contribution in [2.75, 3.05) is 26.8 Å². The fourth-order valence-electron chi connectivity index (χ4n) is 8.49. The number of anilines is 9. The molecule has 0 saturated carbocycles. The lowest BCUT2D eigenvalue weighted by Gasteiger charge is -2.40. The number of aromatic nitrogens is 3. The van der Waals surface area contributed by atoms with E-state index in [2.05, 4.69) is 207 Å². The monoisotopic (exact) mass is 734 g/mol. The third-order valence-corrected chi connectivity index (χ3v) is 13.3. The van der Waals surface area contributed by atoms with E-state index in [9.17, 15) is 0 Å². The van der Waals surface area contributed by atoms with Gasteiger partial charge in [0.15, 0.2) is 11.8 Å². The highest BCUT2D eigenvalue weighted by molar-refractivity contribution is 7.74. The van der Waals surface area contributed by atoms with Crippen molar-refractivity contribution in [3.05, 3.63) is 158 Å². The Morgan fingerprint density at radius 3 is 2.07 bits per heavy atom. The third-order valence-electron chi connectivity index (χ3n) is 11.0. The van der Waals surface area contributed by atoms with Gasteiger partial charge in [0.25, 0.3) is 5.65 Å². The predicted molar refractivity (Wildman–Crippen MR) is 227 cm³/mol. The molecule has 0 aliphatic carbocycles. The second-order valence-corrected chi connectivity index (χ2v) is 16.3. The van der Waals surface area contributed by atoms with Gasteiger partial charge in [-0.15, -0.1) is 0 Å². The molecule has 55 heavy (non-hydrogen) atoms. The number of hydrogen-bond acceptors (Lipinski definition) is 5. The van der Waals surface area contributed by atoms with Gasteiger partial charge in [-0.1, -0.05) is 91.0 Å². The zero-order valence-corrected chi connectivity index (χ0v) is 31.5. The second-order valence-electron chi connectivity index (χ2n) is 14.2. The van der Waals surface area contributed by atoms with Crippen LogP contribution in [0.3, 0.4) is 0 Å². The molecular formula is C46H37N7OP+. The van der Waals surface area contributed by atoms with Crippen molar-refractivity contribution in [3.8, 4) is 11.1 Å². The maximum absolute atomic E-state index is 7.02. The first-order valence-corrected chi connectivity index (χ1v) is 19.7. The van der Waals surface area contributed by atoms with Gasteiger partial charge in [-0.3, -0.25) is 14.5 Å². The zero-order chi connectivity index (χ0) is 36.8. The number of para-hydroxylation sites is 4. The molecule has 9 heteroatoms. The summed E-state index contributed by atoms with van der Waals surface area (Å²) in [6.45, 7) is 0. The van der Waals surface area contributed by atoms with Crippen LogP contribution in [-0.2, 0) is 14.1 Å². The van der Waals surface area contributed by atoms with E-state index in [-0.39, 0.29) is 0 Å². The van der Waals surface area contributed by atoms with Crippen LogP contribution in [0.1, 0.15) is 0 Å². The first-order valence-electron chi connectivity index (χ1n) is 18.5. The van der Waals surface area contributed by atoms with Crippen molar-refractivity contribution in [1.82, 2.24) is 9.55 Å². The van der Waals surface area contributed by atoms with Crippen LogP contribution < -0.4 is 35.0 Å². The largest absolute Gasteiger partial charge is 0.440 e. The first kappa shape index (κ1) is 31.7. The van der Waals surface area contributed by atoms with Crippen LogP contribution in [0.5, 0.6) is 0 Å². The standard InChI is InChI=1S/C46H36N7OP/c1-49-28-34(44-46(49)50(2)29-47-44)30-22-24-39-41(26-30)52(40-21-13-12-20-38(40)51(39)3)43-27-33-42(54-43)25-23-36-45(33)53(37-19-11-10-18-35(37)48-36)55(31-14-6-4-7-15-31)32-16-8-5-9-17-32/h4-29,48H,1-3H3/p+1. The first-order chi connectivity index (χ1) is 27.0. The summed E-state index contributed by atoms with van der Waals surface area (Å²) in [7, 11) is 5.29. The molecule has 6 aromatic carbocycles. The van der Waals surface area contributed by atoms with Crippen LogP contribution in [0.2, 0.25) is 0 Å². The van der Waals surface area contributed by atoms with E-state index in [4.69, 9.17) is 4.42 Å². The molecule has 266 valence electrons. The van der Waals surface area contributed by atoms with Crippen LogP contribution in [0.15, 0.2) is 163 Å². The highest BCUT2D eigenvalue weighted by atomic mass is 31.1. The quantitative estimate of drug-likeness (QED) is 0.136. The number of H-pyrrole nitrogens is 1. The lowest BCUT2D eigenvalue weighted by atomic mass is 10.0. The van der Waals surface area contributed by atoms with E-state index >= 15 is 0 Å². The average molecular weight is 735 g/mol. The average Bonchev–Trinajstić information content (AvgIpc) is 3.93. The fourth-order valence-corrected chi connectivity index (χ4v) is 11.0. The summed E-state index contributed by atoms with van der Waals surface area (Å²) in [5.74, 6) is 0.759. The van der Waals surface area contributed by atoms with Crippen molar-refractivity contribution < 1.29 is 8.98 Å². The van der Waals surface area contributed by atoms with Crippen LogP contribution in [-0.4, -0.2) is 16.6 Å². The minimum atomic E-state index is -1.03. The van der Waals surface area contributed by atoms with E-state index in [0.717, 1.165) is 84.6 Å². The molecule has 8 nitrogen and oxygen atoms in total. The topological polar surface area (TPSA) is 59.5 Å². The predicted octanol–water partition coefficient (Wildman–Crippen LogP) is 10.5. The van der Waals surface area contributed by atoms with Crippen molar-refractivity contribution in [2.24, 2.45) is 14.1 Å². The second kappa shape index (κ2) is 12.1. The third kappa shape index (κ3) is 4.78. The highest BCUT2D eigenvalue weighted by Crippen LogP contribution is 2.59. The lowest BCUT2D eigenvalue weighted by Crippen LogP contribution is -2.28. The van der Waals surface area contributed by atoms with Crippen molar-refractivity contribution >= 4 is 92.2 Å². The SMILES string of the molecule is CN1c2ccccc2N(c2cc3c4c(ccc3o2)Nc2ccccc2N4P(c2ccccc2)c2ccccc2)c2cc(-c3cn(C)c4c3[nH]c[n+]4C)ccc21. The van der Waals surface area contributed by atoms with Crippen molar-refractivity contribution in [3.63, 3.8) is 0 Å². The van der Waals surface area contributed by atoms with Crippen LogP contribution in [0, 0.1) is 0 Å². The molecule has 11 rings (SSSR count). The summed E-state index contributed by atoms with van der Waals surface area (Å²) in [4.78, 5) is 8.08. The van der Waals surface area contributed by atoms with Crippen LogP contribution in [0.4, 0.5) is 51.4 Å². The lowest BCUT2D eigenvalue weighted by molar-refractivity contribution is -0.647. The van der Waals surface area contributed by atoms with Gasteiger partial charge in [0, 0.05) is 29.1 Å². The highest BCUT2D eigenvalue weighted by Gasteiger charge is 2.35. The van der Waals surface area contributed by atoms with E-state index in [1.807, 2.05) is 6.33 Å². The number of imidazole rings is 1. The number of furan rings is 1. The van der Waals surface area contributed by atoms with Gasteiger partial charge < -0.3 is 19.3 Å². The normalized spacial score (nSPS) is 13.2. The number of rotatable bonds is 5. The fraction of sp³-hybridized carbons (Fsp3) is 0.0652. The van der Waals surface area contributed by atoms with Gasteiger partial charge >= 0.3 is 0 Å². The van der Waals surface area contributed by atoms with Gasteiger partial charge in [0.2, 0.25) is 5.88 Å². The number of benzene rings is 6. The van der Waals surface area contributed by atoms with Crippen LogP contribution >= 0.6 is 8.07 Å². The molecule has 0 atom stereocenters. The maximum atomic E-state index is 7.02. The molecule has 2 aliphatic rings. The molecule has 0 fully saturated rings. The van der Waals surface area contributed by atoms with Gasteiger partial charge in [-0.05, 0) is 54.1 Å². The molecule has 5 heterocycles. The summed E-state index contributed by atoms with van der Waals surface area (Å²) in [5.41, 5.74) is 14.0. The number of fused-ring (bicyclic) bond motifs is 7. The molecular weight excluding hydrogens is 698 g/mol. The minimum Gasteiger partial charge on any atom is -0.440 e. The number of aryl methyl sites for hydroxylation is 2. The molecule has 0 radical (unpaired) electrons. The molecule has 2 N–H and O–H groups in total. The summed E-state index contributed by atoms with van der Waals surface area (Å²) in [5, 5.41) is 7.38. The zero-order valence-electron chi connectivity index (χ0n) is 30.6. The van der Waals surface area contributed by atoms with Gasteiger partial charge in [0.05, 0.1) is 79.4 Å². The van der Waals surface area contributed by atoms with E-state index in [1.165, 1.54) is 10.6 Å². The molecule has 0 unspecified atom stereocenters. The molecule has 0 bridgehead atoms. The number of aromatic amines is 1. The molecule has 0 spiro atoms. The number of hydrogen-bond donors (Lipinski definition) is 2. The Morgan fingerprint density at radius 1 is 0.636 bits per heavy atom. The Kier molecular flexibility index (Phi) is 7.00. The van der Waals surface area contributed by atoms with Crippen molar-refractivity contribution in [1.29, 1.82) is 0 Å². The Balaban J connectivity index is 1.14. The van der Waals surface area contributed by atoms with E-state index < -0.39 is 8.07 Å². The smallest absolute Gasteiger partial charge is 0.268 e. The summed E-state index contributed by atoms with van der Waals surface area (Å²) >= 11 is 0. The molecule has 3 aromatic heterocycles. The Hall–Kier alpha value is -6.76. The Bertz CT molecular complexity index is 2890. The summed E-state index contributed by atoms with van der Waals surface area (Å²) in [6, 6.07) is 52.3. The summed E-state index contributed by atoms with van der Waals surface area (Å²) in [6.07, 6.45) is 4.22. The van der Waals surface area contributed by atoms with Gasteiger partial charge in [-0.2, -0.15) is 0 Å². The molecule has 0 saturated heterocycles. The molecule has 9 aromatic rings. The Labute approximate surface area is 319 Å². The van der Waals surface area contributed by atoms with E-state index in [0.29, 0.717) is 0 Å². The summed E-state index contributed by atoms with van der Waals surface area (Å²) < 4.78 is 13.9.